The van der Waals surface area contributed by atoms with E-state index in [1.54, 1.807) is 18.2 Å². The quantitative estimate of drug-likeness (QED) is 0.710. The monoisotopic (exact) mass is 319 g/mol. The Kier molecular flexibility index (Phi) is 4.51. The average molecular weight is 319 g/mol. The third-order valence-electron chi connectivity index (χ3n) is 3.74. The van der Waals surface area contributed by atoms with Crippen LogP contribution in [0.5, 0.6) is 0 Å². The molecule has 1 aromatic carbocycles. The van der Waals surface area contributed by atoms with Crippen molar-refractivity contribution in [3.63, 3.8) is 0 Å². The van der Waals surface area contributed by atoms with Gasteiger partial charge in [0.1, 0.15) is 9.73 Å². The number of halogens is 2. The molecular formula is C14H23F2NOSSi. The van der Waals surface area contributed by atoms with Crippen LogP contribution in [0.4, 0.5) is 8.78 Å². The summed E-state index contributed by atoms with van der Waals surface area (Å²) in [7, 11) is -6.23. The lowest BCUT2D eigenvalue weighted by molar-refractivity contribution is 0.119. The van der Waals surface area contributed by atoms with Crippen LogP contribution < -0.4 is 0 Å². The van der Waals surface area contributed by atoms with Crippen molar-refractivity contribution in [1.82, 2.24) is 0 Å². The molecule has 6 heteroatoms. The Balaban J connectivity index is 3.64. The third-order valence-corrected chi connectivity index (χ3v) is 12.1. The van der Waals surface area contributed by atoms with Crippen LogP contribution in [0.3, 0.4) is 0 Å². The molecule has 1 aromatic rings. The van der Waals surface area contributed by atoms with E-state index < -0.39 is 23.2 Å². The fourth-order valence-corrected chi connectivity index (χ4v) is 7.07. The molecule has 0 radical (unpaired) electrons. The van der Waals surface area contributed by atoms with Crippen LogP contribution >= 0.6 is 0 Å². The van der Waals surface area contributed by atoms with E-state index in [1.165, 1.54) is 12.1 Å². The van der Waals surface area contributed by atoms with Gasteiger partial charge in [-0.1, -0.05) is 39.0 Å². The number of hydrogen-bond acceptors (Lipinski definition) is 2. The Morgan fingerprint density at radius 3 is 1.85 bits per heavy atom. The van der Waals surface area contributed by atoms with Crippen molar-refractivity contribution in [3.05, 3.63) is 30.3 Å². The Morgan fingerprint density at radius 1 is 1.05 bits per heavy atom. The second kappa shape index (κ2) is 5.22. The first kappa shape index (κ1) is 17.3. The molecule has 1 rings (SSSR count). The van der Waals surface area contributed by atoms with Gasteiger partial charge in [-0.15, -0.1) is 0 Å². The summed E-state index contributed by atoms with van der Waals surface area (Å²) in [5.74, 6) is 0. The molecule has 0 heterocycles. The van der Waals surface area contributed by atoms with E-state index in [0.717, 1.165) is 0 Å². The van der Waals surface area contributed by atoms with Crippen LogP contribution in [0.15, 0.2) is 39.3 Å². The highest BCUT2D eigenvalue weighted by atomic mass is 32.2. The number of hydrogen-bond donors (Lipinski definition) is 0. The van der Waals surface area contributed by atoms with Gasteiger partial charge in [-0.05, 0) is 30.3 Å². The third kappa shape index (κ3) is 3.28. The summed E-state index contributed by atoms with van der Waals surface area (Å²) in [5, 5.41) is -3.61. The molecule has 0 saturated heterocycles. The highest BCUT2D eigenvalue weighted by Gasteiger charge is 2.44. The van der Waals surface area contributed by atoms with E-state index in [0.29, 0.717) is 6.92 Å². The first-order valence-corrected chi connectivity index (χ1v) is 11.0. The van der Waals surface area contributed by atoms with Crippen molar-refractivity contribution in [2.75, 3.05) is 0 Å². The number of benzene rings is 1. The van der Waals surface area contributed by atoms with Gasteiger partial charge in [0.2, 0.25) is 0 Å². The van der Waals surface area contributed by atoms with Gasteiger partial charge in [0.05, 0.1) is 4.90 Å². The zero-order chi connectivity index (χ0) is 15.8. The van der Waals surface area contributed by atoms with E-state index in [4.69, 9.17) is 0 Å². The summed E-state index contributed by atoms with van der Waals surface area (Å²) < 4.78 is 45.3. The standard InChI is InChI=1S/C14H23F2NOSSi/c1-13(2,3)20(5,6)17-19(18,14(4,15)16)12-10-8-7-9-11-12/h7-11H,1-6H3. The van der Waals surface area contributed by atoms with E-state index in [-0.39, 0.29) is 9.93 Å². The van der Waals surface area contributed by atoms with Crippen molar-refractivity contribution in [1.29, 1.82) is 0 Å². The molecule has 2 nitrogen and oxygen atoms in total. The predicted molar refractivity (Wildman–Crippen MR) is 83.1 cm³/mol. The largest absolute Gasteiger partial charge is 0.329 e. The maximum Gasteiger partial charge on any atom is 0.329 e. The predicted octanol–water partition coefficient (Wildman–Crippen LogP) is 5.13. The summed E-state index contributed by atoms with van der Waals surface area (Å²) in [4.78, 5) is 0.109. The summed E-state index contributed by atoms with van der Waals surface area (Å²) >= 11 is 0. The maximum atomic E-state index is 14.0. The Bertz CT molecular complexity index is 579. The normalized spacial score (nSPS) is 16.6. The molecule has 1 unspecified atom stereocenters. The molecule has 20 heavy (non-hydrogen) atoms. The Labute approximate surface area is 121 Å². The smallest absolute Gasteiger partial charge is 0.268 e. The van der Waals surface area contributed by atoms with Crippen LogP contribution in [-0.2, 0) is 9.73 Å². The van der Waals surface area contributed by atoms with E-state index in [1.807, 2.05) is 33.9 Å². The summed E-state index contributed by atoms with van der Waals surface area (Å²) in [6.07, 6.45) is 0. The second-order valence-corrected chi connectivity index (χ2v) is 14.1. The lowest BCUT2D eigenvalue weighted by atomic mass is 10.2. The molecule has 0 aliphatic rings. The van der Waals surface area contributed by atoms with E-state index in [2.05, 4.69) is 4.03 Å². The van der Waals surface area contributed by atoms with Crippen LogP contribution in [0.2, 0.25) is 18.1 Å². The van der Waals surface area contributed by atoms with Gasteiger partial charge >= 0.3 is 5.25 Å². The Morgan fingerprint density at radius 2 is 1.50 bits per heavy atom. The lowest BCUT2D eigenvalue weighted by Gasteiger charge is -2.34. The topological polar surface area (TPSA) is 29.4 Å². The average Bonchev–Trinajstić information content (AvgIpc) is 2.26. The molecule has 0 spiro atoms. The van der Waals surface area contributed by atoms with Crippen molar-refractivity contribution < 1.29 is 13.0 Å². The molecule has 1 atom stereocenters. The van der Waals surface area contributed by atoms with Crippen LogP contribution in [0, 0.1) is 0 Å². The fraction of sp³-hybridized carbons (Fsp3) is 0.571. The van der Waals surface area contributed by atoms with Gasteiger partial charge < -0.3 is 0 Å². The number of rotatable bonds is 3. The van der Waals surface area contributed by atoms with Crippen LogP contribution in [-0.4, -0.2) is 17.7 Å². The van der Waals surface area contributed by atoms with Crippen LogP contribution in [0.1, 0.15) is 27.7 Å². The first-order valence-electron chi connectivity index (χ1n) is 6.52. The lowest BCUT2D eigenvalue weighted by Crippen LogP contribution is -2.39. The minimum atomic E-state index is -3.77. The molecule has 0 aliphatic carbocycles. The summed E-state index contributed by atoms with van der Waals surface area (Å²) in [6, 6.07) is 7.88. The minimum Gasteiger partial charge on any atom is -0.268 e. The summed E-state index contributed by atoms with van der Waals surface area (Å²) in [6.45, 7) is 10.3. The van der Waals surface area contributed by atoms with Crippen LogP contribution in [0.25, 0.3) is 0 Å². The second-order valence-electron chi connectivity index (χ2n) is 6.55. The first-order chi connectivity index (χ1) is 8.81. The van der Waals surface area contributed by atoms with Gasteiger partial charge in [-0.25, -0.2) is 4.21 Å². The highest BCUT2D eigenvalue weighted by molar-refractivity contribution is 7.95. The fourth-order valence-electron chi connectivity index (χ4n) is 1.40. The molecule has 0 amide bonds. The summed E-state index contributed by atoms with van der Waals surface area (Å²) in [5.41, 5.74) is 0. The molecular weight excluding hydrogens is 296 g/mol. The molecule has 0 fully saturated rings. The highest BCUT2D eigenvalue weighted by Crippen LogP contribution is 2.41. The Hall–Kier alpha value is -0.753. The van der Waals surface area contributed by atoms with E-state index in [9.17, 15) is 13.0 Å². The zero-order valence-electron chi connectivity index (χ0n) is 12.9. The maximum absolute atomic E-state index is 14.0. The molecule has 0 saturated carbocycles. The number of alkyl halides is 2. The molecule has 0 aliphatic heterocycles. The van der Waals surface area contributed by atoms with Crippen molar-refractivity contribution >= 4 is 18.0 Å². The molecule has 0 N–H and O–H groups in total. The molecule has 114 valence electrons. The molecule has 0 bridgehead atoms. The van der Waals surface area contributed by atoms with Crippen molar-refractivity contribution in [3.8, 4) is 0 Å². The van der Waals surface area contributed by atoms with Gasteiger partial charge in [0, 0.05) is 6.92 Å². The number of nitrogens with zero attached hydrogens (tertiary/aromatic N) is 1. The van der Waals surface area contributed by atoms with Gasteiger partial charge in [0.25, 0.3) is 0 Å². The van der Waals surface area contributed by atoms with Crippen molar-refractivity contribution in [2.24, 2.45) is 4.03 Å². The SMILES string of the molecule is CC(C)(C)[Si](C)(C)N=S(=O)(c1ccccc1)C(C)(F)F. The van der Waals surface area contributed by atoms with E-state index >= 15 is 0 Å². The zero-order valence-corrected chi connectivity index (χ0v) is 14.7. The van der Waals surface area contributed by atoms with Crippen molar-refractivity contribution in [2.45, 2.75) is 56.0 Å². The van der Waals surface area contributed by atoms with Gasteiger partial charge in [-0.2, -0.15) is 8.78 Å². The van der Waals surface area contributed by atoms with Gasteiger partial charge in [0.15, 0.2) is 8.24 Å². The molecule has 0 aromatic heterocycles. The minimum absolute atomic E-state index is 0.109. The van der Waals surface area contributed by atoms with Gasteiger partial charge in [-0.3, -0.25) is 4.03 Å².